The normalized spacial score (nSPS) is 26.3. The number of alkyl carbamates (subject to hydrolysis) is 1. The van der Waals surface area contributed by atoms with E-state index in [9.17, 15) is 14.7 Å². The molecule has 20 heavy (non-hydrogen) atoms. The monoisotopic (exact) mass is 287 g/mol. The summed E-state index contributed by atoms with van der Waals surface area (Å²) in [5.41, 5.74) is -1.45. The summed E-state index contributed by atoms with van der Waals surface area (Å²) in [6.07, 6.45) is 1.00. The molecule has 1 amide bonds. The summed E-state index contributed by atoms with van der Waals surface area (Å²) in [6, 6.07) is -0.179. The highest BCUT2D eigenvalue weighted by atomic mass is 16.6. The molecule has 0 aliphatic heterocycles. The summed E-state index contributed by atoms with van der Waals surface area (Å²) in [5, 5.41) is 12.1. The van der Waals surface area contributed by atoms with Gasteiger partial charge in [0.05, 0.1) is 12.0 Å². The molecule has 6 nitrogen and oxygen atoms in total. The summed E-state index contributed by atoms with van der Waals surface area (Å²) in [4.78, 5) is 23.2. The van der Waals surface area contributed by atoms with Gasteiger partial charge in [-0.05, 0) is 47.0 Å². The van der Waals surface area contributed by atoms with Crippen LogP contribution in [0.1, 0.15) is 47.0 Å². The predicted octanol–water partition coefficient (Wildman–Crippen LogP) is 2.17. The van der Waals surface area contributed by atoms with E-state index in [4.69, 9.17) is 9.47 Å². The van der Waals surface area contributed by atoms with E-state index in [1.165, 1.54) is 0 Å². The molecule has 1 aliphatic carbocycles. The first-order valence-corrected chi connectivity index (χ1v) is 6.99. The van der Waals surface area contributed by atoms with E-state index in [2.05, 4.69) is 5.32 Å². The molecule has 0 radical (unpaired) electrons. The van der Waals surface area contributed by atoms with Gasteiger partial charge < -0.3 is 19.9 Å². The van der Waals surface area contributed by atoms with E-state index in [0.29, 0.717) is 25.9 Å². The second-order valence-corrected chi connectivity index (χ2v) is 6.31. The van der Waals surface area contributed by atoms with E-state index >= 15 is 0 Å². The molecular formula is C14H25NO5. The van der Waals surface area contributed by atoms with Gasteiger partial charge in [0.2, 0.25) is 0 Å². The molecule has 1 unspecified atom stereocenters. The zero-order valence-corrected chi connectivity index (χ0v) is 12.7. The largest absolute Gasteiger partial charge is 0.481 e. The van der Waals surface area contributed by atoms with E-state index in [0.717, 1.165) is 0 Å². The lowest BCUT2D eigenvalue weighted by molar-refractivity contribution is -0.152. The molecule has 1 rings (SSSR count). The van der Waals surface area contributed by atoms with Gasteiger partial charge in [-0.15, -0.1) is 0 Å². The Balaban J connectivity index is 2.56. The average Bonchev–Trinajstić information content (AvgIpc) is 2.68. The number of hydrogen-bond donors (Lipinski definition) is 2. The maximum absolute atomic E-state index is 11.7. The van der Waals surface area contributed by atoms with Gasteiger partial charge >= 0.3 is 12.1 Å². The Labute approximate surface area is 119 Å². The van der Waals surface area contributed by atoms with Gasteiger partial charge in [0.15, 0.2) is 0 Å². The number of carbonyl (C=O) groups is 2. The zero-order chi connectivity index (χ0) is 15.4. The summed E-state index contributed by atoms with van der Waals surface area (Å²) >= 11 is 0. The van der Waals surface area contributed by atoms with E-state index < -0.39 is 23.1 Å². The standard InChI is InChI=1S/C14H25NO5/c1-5-19-9-14(11(16)17)7-6-10(8-14)15-12(18)20-13(2,3)4/h10H,5-9H2,1-4H3,(H,15,18)(H,16,17)/t10?,14-/m1/s1. The predicted molar refractivity (Wildman–Crippen MR) is 73.6 cm³/mol. The second-order valence-electron chi connectivity index (χ2n) is 6.31. The zero-order valence-electron chi connectivity index (χ0n) is 12.7. The molecule has 0 aromatic carbocycles. The van der Waals surface area contributed by atoms with Gasteiger partial charge in [-0.3, -0.25) is 4.79 Å². The third-order valence-electron chi connectivity index (χ3n) is 3.37. The van der Waals surface area contributed by atoms with Gasteiger partial charge in [0, 0.05) is 12.6 Å². The fourth-order valence-electron chi connectivity index (χ4n) is 2.41. The van der Waals surface area contributed by atoms with Gasteiger partial charge in [0.25, 0.3) is 0 Å². The number of hydrogen-bond acceptors (Lipinski definition) is 4. The van der Waals surface area contributed by atoms with Crippen molar-refractivity contribution in [1.82, 2.24) is 5.32 Å². The second kappa shape index (κ2) is 6.43. The van der Waals surface area contributed by atoms with Crippen molar-refractivity contribution in [3.63, 3.8) is 0 Å². The van der Waals surface area contributed by atoms with Crippen LogP contribution in [0.4, 0.5) is 4.79 Å². The Hall–Kier alpha value is -1.30. The lowest BCUT2D eigenvalue weighted by Crippen LogP contribution is -2.40. The summed E-state index contributed by atoms with van der Waals surface area (Å²) in [5.74, 6) is -0.862. The van der Waals surface area contributed by atoms with Crippen LogP contribution in [0.25, 0.3) is 0 Å². The number of aliphatic carboxylic acids is 1. The van der Waals surface area contributed by atoms with Crippen molar-refractivity contribution in [3.05, 3.63) is 0 Å². The summed E-state index contributed by atoms with van der Waals surface area (Å²) in [6.45, 7) is 7.87. The molecule has 1 fully saturated rings. The molecule has 2 atom stereocenters. The van der Waals surface area contributed by atoms with Crippen molar-refractivity contribution in [2.24, 2.45) is 5.41 Å². The van der Waals surface area contributed by atoms with Crippen LogP contribution in [0.5, 0.6) is 0 Å². The molecule has 0 spiro atoms. The van der Waals surface area contributed by atoms with Crippen molar-refractivity contribution in [1.29, 1.82) is 0 Å². The minimum absolute atomic E-state index is 0.179. The van der Waals surface area contributed by atoms with E-state index in [1.54, 1.807) is 20.8 Å². The van der Waals surface area contributed by atoms with Crippen molar-refractivity contribution in [3.8, 4) is 0 Å². The Morgan fingerprint density at radius 2 is 2.05 bits per heavy atom. The molecule has 0 aromatic heterocycles. The third-order valence-corrected chi connectivity index (χ3v) is 3.37. The molecule has 0 heterocycles. The van der Waals surface area contributed by atoms with Gasteiger partial charge in [-0.2, -0.15) is 0 Å². The molecule has 2 N–H and O–H groups in total. The molecular weight excluding hydrogens is 262 g/mol. The maximum atomic E-state index is 11.7. The SMILES string of the molecule is CCOC[C@@]1(C(=O)O)CCC(NC(=O)OC(C)(C)C)C1. The lowest BCUT2D eigenvalue weighted by atomic mass is 9.87. The van der Waals surface area contributed by atoms with Crippen LogP contribution >= 0.6 is 0 Å². The number of ether oxygens (including phenoxy) is 2. The van der Waals surface area contributed by atoms with Crippen molar-refractivity contribution >= 4 is 12.1 Å². The van der Waals surface area contributed by atoms with Crippen LogP contribution in [0, 0.1) is 5.41 Å². The molecule has 0 bridgehead atoms. The lowest BCUT2D eigenvalue weighted by Gasteiger charge is -2.25. The number of carboxylic acids is 1. The molecule has 116 valence electrons. The first kappa shape index (κ1) is 16.8. The Bertz CT molecular complexity index is 363. The van der Waals surface area contributed by atoms with Crippen molar-refractivity contribution in [2.45, 2.75) is 58.6 Å². The molecule has 1 saturated carbocycles. The van der Waals surface area contributed by atoms with Crippen LogP contribution in [-0.4, -0.2) is 42.0 Å². The number of nitrogens with one attached hydrogen (secondary N) is 1. The Morgan fingerprint density at radius 1 is 1.40 bits per heavy atom. The van der Waals surface area contributed by atoms with Crippen LogP contribution in [-0.2, 0) is 14.3 Å². The maximum Gasteiger partial charge on any atom is 0.407 e. The van der Waals surface area contributed by atoms with Gasteiger partial charge in [-0.1, -0.05) is 0 Å². The third kappa shape index (κ3) is 4.67. The topological polar surface area (TPSA) is 84.9 Å². The Kier molecular flexibility index (Phi) is 5.39. The van der Waals surface area contributed by atoms with Crippen molar-refractivity contribution < 1.29 is 24.2 Å². The summed E-state index contributed by atoms with van der Waals surface area (Å²) in [7, 11) is 0. The molecule has 0 saturated heterocycles. The van der Waals surface area contributed by atoms with E-state index in [1.807, 2.05) is 6.92 Å². The number of rotatable bonds is 5. The fraction of sp³-hybridized carbons (Fsp3) is 0.857. The number of carboxylic acid groups (broad SMARTS) is 1. The summed E-state index contributed by atoms with van der Waals surface area (Å²) < 4.78 is 10.5. The average molecular weight is 287 g/mol. The first-order valence-electron chi connectivity index (χ1n) is 6.99. The number of carbonyl (C=O) groups excluding carboxylic acids is 1. The molecule has 1 aliphatic rings. The Morgan fingerprint density at radius 3 is 2.55 bits per heavy atom. The molecule has 0 aromatic rings. The van der Waals surface area contributed by atoms with E-state index in [-0.39, 0.29) is 12.6 Å². The minimum atomic E-state index is -0.893. The van der Waals surface area contributed by atoms with Crippen LogP contribution in [0.15, 0.2) is 0 Å². The fourth-order valence-corrected chi connectivity index (χ4v) is 2.41. The first-order chi connectivity index (χ1) is 9.18. The highest BCUT2D eigenvalue weighted by molar-refractivity contribution is 5.76. The highest BCUT2D eigenvalue weighted by Crippen LogP contribution is 2.39. The van der Waals surface area contributed by atoms with Crippen LogP contribution in [0.3, 0.4) is 0 Å². The quantitative estimate of drug-likeness (QED) is 0.809. The smallest absolute Gasteiger partial charge is 0.407 e. The number of amides is 1. The minimum Gasteiger partial charge on any atom is -0.481 e. The highest BCUT2D eigenvalue weighted by Gasteiger charge is 2.46. The van der Waals surface area contributed by atoms with Gasteiger partial charge in [0.1, 0.15) is 5.60 Å². The van der Waals surface area contributed by atoms with Crippen molar-refractivity contribution in [2.75, 3.05) is 13.2 Å². The van der Waals surface area contributed by atoms with Crippen LogP contribution in [0.2, 0.25) is 0 Å². The van der Waals surface area contributed by atoms with Crippen LogP contribution < -0.4 is 5.32 Å². The van der Waals surface area contributed by atoms with Gasteiger partial charge in [-0.25, -0.2) is 4.79 Å². The molecule has 6 heteroatoms.